The number of sulfonamides is 1. The lowest BCUT2D eigenvalue weighted by molar-refractivity contribution is -0.133. The van der Waals surface area contributed by atoms with Crippen molar-refractivity contribution in [3.8, 4) is 0 Å². The van der Waals surface area contributed by atoms with Crippen LogP contribution in [0.25, 0.3) is 0 Å². The molecule has 5 aliphatic rings. The van der Waals surface area contributed by atoms with Crippen molar-refractivity contribution in [2.75, 3.05) is 29.9 Å². The molecular formula is C26H34N4O4S. The van der Waals surface area contributed by atoms with Gasteiger partial charge in [-0.3, -0.25) is 4.79 Å². The van der Waals surface area contributed by atoms with Crippen molar-refractivity contribution in [3.05, 3.63) is 29.5 Å². The monoisotopic (exact) mass is 498 g/mol. The van der Waals surface area contributed by atoms with E-state index in [9.17, 15) is 18.3 Å². The fourth-order valence-corrected chi connectivity index (χ4v) is 8.09. The van der Waals surface area contributed by atoms with Crippen molar-refractivity contribution in [2.45, 2.75) is 63.3 Å². The van der Waals surface area contributed by atoms with Gasteiger partial charge in [0.05, 0.1) is 5.69 Å². The van der Waals surface area contributed by atoms with Crippen molar-refractivity contribution in [2.24, 2.45) is 28.1 Å². The summed E-state index contributed by atoms with van der Waals surface area (Å²) in [5.41, 5.74) is 1.29. The van der Waals surface area contributed by atoms with E-state index in [0.29, 0.717) is 30.0 Å². The van der Waals surface area contributed by atoms with Crippen LogP contribution in [0.1, 0.15) is 52.4 Å². The number of amidine groups is 1. The Labute approximate surface area is 207 Å². The number of amides is 1. The number of carbonyl (C=O) groups is 1. The molecule has 6 rings (SSSR count). The van der Waals surface area contributed by atoms with E-state index >= 15 is 0 Å². The maximum Gasteiger partial charge on any atom is 0.286 e. The molecule has 1 aromatic carbocycles. The van der Waals surface area contributed by atoms with E-state index in [1.54, 1.807) is 12.1 Å². The molecule has 1 saturated heterocycles. The molecule has 2 saturated carbocycles. The number of nitrogens with one attached hydrogen (secondary N) is 1. The second kappa shape index (κ2) is 8.25. The van der Waals surface area contributed by atoms with Gasteiger partial charge in [-0.2, -0.15) is 8.42 Å². The largest absolute Gasteiger partial charge is 0.511 e. The van der Waals surface area contributed by atoms with E-state index in [-0.39, 0.29) is 39.9 Å². The Morgan fingerprint density at radius 3 is 2.66 bits per heavy atom. The van der Waals surface area contributed by atoms with Crippen molar-refractivity contribution in [1.82, 2.24) is 4.90 Å². The summed E-state index contributed by atoms with van der Waals surface area (Å²) in [5.74, 6) is 0.682. The Balaban J connectivity index is 1.39. The molecule has 1 aromatic rings. The van der Waals surface area contributed by atoms with Crippen LogP contribution in [-0.4, -0.2) is 55.8 Å². The fourth-order valence-electron chi connectivity index (χ4n) is 6.95. The summed E-state index contributed by atoms with van der Waals surface area (Å²) in [6.45, 7) is 6.69. The number of carbonyl (C=O) groups excluding carboxylic acids is 1. The van der Waals surface area contributed by atoms with Crippen LogP contribution in [-0.2, 0) is 14.8 Å². The van der Waals surface area contributed by atoms with Crippen molar-refractivity contribution >= 4 is 33.1 Å². The topological polar surface area (TPSA) is 102 Å². The first-order valence-corrected chi connectivity index (χ1v) is 14.4. The molecule has 2 bridgehead atoms. The molecule has 4 atom stereocenters. The van der Waals surface area contributed by atoms with Crippen LogP contribution in [0.4, 0.5) is 11.4 Å². The number of hydrogen-bond donors (Lipinski definition) is 2. The minimum Gasteiger partial charge on any atom is -0.511 e. The molecule has 3 fully saturated rings. The number of anilines is 2. The molecule has 2 aliphatic carbocycles. The minimum atomic E-state index is -4.03. The summed E-state index contributed by atoms with van der Waals surface area (Å²) in [4.78, 5) is 18.0. The Kier molecular flexibility index (Phi) is 5.39. The lowest BCUT2D eigenvalue weighted by Gasteiger charge is -2.44. The number of hydrogen-bond acceptors (Lipinski definition) is 6. The average Bonchev–Trinajstić information content (AvgIpc) is 3.56. The summed E-state index contributed by atoms with van der Waals surface area (Å²) < 4.78 is 30.6. The lowest BCUT2D eigenvalue weighted by atomic mass is 9.77. The number of fused-ring (bicyclic) bond motifs is 6. The molecule has 188 valence electrons. The molecular weight excluding hydrogens is 464 g/mol. The van der Waals surface area contributed by atoms with Gasteiger partial charge in [0, 0.05) is 37.3 Å². The van der Waals surface area contributed by atoms with Gasteiger partial charge >= 0.3 is 0 Å². The third-order valence-electron chi connectivity index (χ3n) is 8.64. The van der Waals surface area contributed by atoms with Gasteiger partial charge < -0.3 is 20.2 Å². The Morgan fingerprint density at radius 1 is 1.17 bits per heavy atom. The van der Waals surface area contributed by atoms with E-state index < -0.39 is 10.0 Å². The minimum absolute atomic E-state index is 0.000136. The van der Waals surface area contributed by atoms with Crippen LogP contribution in [0.15, 0.2) is 38.8 Å². The molecule has 35 heavy (non-hydrogen) atoms. The molecule has 1 amide bonds. The summed E-state index contributed by atoms with van der Waals surface area (Å²) in [6.07, 6.45) is 6.18. The molecule has 0 spiro atoms. The summed E-state index contributed by atoms with van der Waals surface area (Å²) in [7, 11) is -4.03. The highest BCUT2D eigenvalue weighted by Gasteiger charge is 2.57. The smallest absolute Gasteiger partial charge is 0.286 e. The number of benzene rings is 1. The van der Waals surface area contributed by atoms with Gasteiger partial charge in [-0.05, 0) is 74.5 Å². The van der Waals surface area contributed by atoms with Crippen molar-refractivity contribution in [1.29, 1.82) is 0 Å². The van der Waals surface area contributed by atoms with E-state index in [4.69, 9.17) is 0 Å². The van der Waals surface area contributed by atoms with Gasteiger partial charge in [0.1, 0.15) is 16.2 Å². The highest BCUT2D eigenvalue weighted by molar-refractivity contribution is 7.90. The second-order valence-electron chi connectivity index (χ2n) is 11.2. The first-order valence-electron chi connectivity index (χ1n) is 13.0. The molecule has 0 aromatic heterocycles. The maximum atomic E-state index is 13.8. The highest BCUT2D eigenvalue weighted by atomic mass is 32.2. The van der Waals surface area contributed by atoms with E-state index in [0.717, 1.165) is 57.3 Å². The van der Waals surface area contributed by atoms with Gasteiger partial charge in [-0.15, -0.1) is 4.40 Å². The van der Waals surface area contributed by atoms with Crippen molar-refractivity contribution < 1.29 is 18.3 Å². The number of aliphatic hydroxyl groups excluding tert-OH is 1. The normalized spacial score (nSPS) is 31.1. The first-order chi connectivity index (χ1) is 16.7. The standard InChI is InChI=1S/C26H34N4O4S/c1-15(2)9-12-30-23-17-6-5-16(13-17)21(23)24(31)22(26(30)32)25-27-19-8-7-18(29-10-3-4-11-29)14-20(19)35(33,34)28-25/h7-8,14-17,21,23,31H,3-6,9-13H2,1-2H3,(H,27,28)/t16-,17+,21+,23-/m0/s1. The van der Waals surface area contributed by atoms with Crippen LogP contribution in [0.3, 0.4) is 0 Å². The first kappa shape index (κ1) is 22.9. The average molecular weight is 499 g/mol. The number of aliphatic hydroxyl groups is 1. The van der Waals surface area contributed by atoms with Gasteiger partial charge in [-0.25, -0.2) is 0 Å². The van der Waals surface area contributed by atoms with Crippen molar-refractivity contribution in [3.63, 3.8) is 0 Å². The third kappa shape index (κ3) is 3.65. The number of nitrogens with zero attached hydrogens (tertiary/aromatic N) is 3. The maximum absolute atomic E-state index is 13.8. The Bertz CT molecular complexity index is 1230. The van der Waals surface area contributed by atoms with Crippen LogP contribution in [0.5, 0.6) is 0 Å². The second-order valence-corrected chi connectivity index (χ2v) is 12.8. The Morgan fingerprint density at radius 2 is 1.91 bits per heavy atom. The molecule has 9 heteroatoms. The predicted molar refractivity (Wildman–Crippen MR) is 135 cm³/mol. The van der Waals surface area contributed by atoms with Crippen LogP contribution < -0.4 is 10.2 Å². The van der Waals surface area contributed by atoms with Gasteiger partial charge in [-0.1, -0.05) is 13.8 Å². The summed E-state index contributed by atoms with van der Waals surface area (Å²) >= 11 is 0. The molecule has 0 radical (unpaired) electrons. The predicted octanol–water partition coefficient (Wildman–Crippen LogP) is 3.91. The van der Waals surface area contributed by atoms with E-state index in [1.807, 2.05) is 11.0 Å². The van der Waals surface area contributed by atoms with E-state index in [1.165, 1.54) is 0 Å². The van der Waals surface area contributed by atoms with E-state index in [2.05, 4.69) is 28.5 Å². The van der Waals surface area contributed by atoms with Gasteiger partial charge in [0.15, 0.2) is 5.84 Å². The zero-order valence-corrected chi connectivity index (χ0v) is 21.2. The molecule has 0 unspecified atom stereocenters. The van der Waals surface area contributed by atoms with Crippen LogP contribution >= 0.6 is 0 Å². The number of rotatable bonds is 5. The van der Waals surface area contributed by atoms with Gasteiger partial charge in [0.25, 0.3) is 15.9 Å². The van der Waals surface area contributed by atoms with Gasteiger partial charge in [0.2, 0.25) is 0 Å². The van der Waals surface area contributed by atoms with Crippen LogP contribution in [0, 0.1) is 23.7 Å². The highest BCUT2D eigenvalue weighted by Crippen LogP contribution is 2.55. The molecule has 8 nitrogen and oxygen atoms in total. The Hall–Kier alpha value is -2.55. The fraction of sp³-hybridized carbons (Fsp3) is 0.615. The summed E-state index contributed by atoms with van der Waals surface area (Å²) in [6, 6.07) is 5.32. The molecule has 3 heterocycles. The molecule has 3 aliphatic heterocycles. The summed E-state index contributed by atoms with van der Waals surface area (Å²) in [5, 5.41) is 14.5. The quantitative estimate of drug-likeness (QED) is 0.638. The lowest BCUT2D eigenvalue weighted by Crippen LogP contribution is -2.54. The van der Waals surface area contributed by atoms with Crippen LogP contribution in [0.2, 0.25) is 0 Å². The molecule has 2 N–H and O–H groups in total. The third-order valence-corrected chi connectivity index (χ3v) is 9.96. The zero-order valence-electron chi connectivity index (χ0n) is 20.4. The zero-order chi connectivity index (χ0) is 24.5. The SMILES string of the molecule is CC(C)CCN1C(=O)C(C2=NS(=O)(=O)c3cc(N4CCCC4)ccc3N2)=C(O)[C@@H]2[C@H]3CC[C@H](C3)[C@@H]21.